The fourth-order valence-electron chi connectivity index (χ4n) is 1.31. The number of hydrogen-bond acceptors (Lipinski definition) is 5. The van der Waals surface area contributed by atoms with Crippen molar-refractivity contribution in [2.45, 2.75) is 26.4 Å². The SMILES string of the molecule is CO.COc1ccc(C=O)cc1NC(=O)OC(C)(C)C. The Morgan fingerprint density at radius 3 is 2.35 bits per heavy atom. The number of benzene rings is 1. The number of aliphatic hydroxyl groups is 1. The van der Waals surface area contributed by atoms with Gasteiger partial charge in [-0.1, -0.05) is 0 Å². The van der Waals surface area contributed by atoms with Crippen LogP contribution in [0.15, 0.2) is 18.2 Å². The van der Waals surface area contributed by atoms with E-state index >= 15 is 0 Å². The number of aldehydes is 1. The van der Waals surface area contributed by atoms with Crippen molar-refractivity contribution in [3.05, 3.63) is 23.8 Å². The molecule has 0 unspecified atom stereocenters. The van der Waals surface area contributed by atoms with E-state index in [-0.39, 0.29) is 0 Å². The largest absolute Gasteiger partial charge is 0.495 e. The Labute approximate surface area is 118 Å². The van der Waals surface area contributed by atoms with Crippen LogP contribution in [0.5, 0.6) is 5.75 Å². The van der Waals surface area contributed by atoms with Gasteiger partial charge in [0.25, 0.3) is 0 Å². The minimum atomic E-state index is -0.594. The zero-order valence-corrected chi connectivity index (χ0v) is 12.4. The van der Waals surface area contributed by atoms with Gasteiger partial charge in [-0.2, -0.15) is 0 Å². The molecule has 112 valence electrons. The second-order valence-electron chi connectivity index (χ2n) is 4.70. The lowest BCUT2D eigenvalue weighted by atomic mass is 10.2. The summed E-state index contributed by atoms with van der Waals surface area (Å²) in [5.74, 6) is 0.464. The molecule has 20 heavy (non-hydrogen) atoms. The molecule has 1 amide bonds. The van der Waals surface area contributed by atoms with Crippen LogP contribution in [-0.4, -0.2) is 37.3 Å². The molecule has 0 fully saturated rings. The van der Waals surface area contributed by atoms with Gasteiger partial charge in [-0.15, -0.1) is 0 Å². The summed E-state index contributed by atoms with van der Waals surface area (Å²) in [5.41, 5.74) is 0.262. The normalized spacial score (nSPS) is 9.90. The van der Waals surface area contributed by atoms with Crippen molar-refractivity contribution >= 4 is 18.1 Å². The van der Waals surface area contributed by atoms with E-state index in [0.717, 1.165) is 7.11 Å². The summed E-state index contributed by atoms with van der Waals surface area (Å²) in [4.78, 5) is 22.3. The van der Waals surface area contributed by atoms with E-state index < -0.39 is 11.7 Å². The lowest BCUT2D eigenvalue weighted by Crippen LogP contribution is -2.27. The first-order valence-corrected chi connectivity index (χ1v) is 5.93. The van der Waals surface area contributed by atoms with Crippen molar-refractivity contribution in [1.29, 1.82) is 0 Å². The molecular weight excluding hydrogens is 262 g/mol. The molecule has 0 saturated heterocycles. The van der Waals surface area contributed by atoms with E-state index in [1.165, 1.54) is 13.2 Å². The predicted molar refractivity (Wildman–Crippen MR) is 76.4 cm³/mol. The summed E-state index contributed by atoms with van der Waals surface area (Å²) in [6.45, 7) is 5.31. The summed E-state index contributed by atoms with van der Waals surface area (Å²) in [5, 5.41) is 9.55. The molecular formula is C14H21NO5. The van der Waals surface area contributed by atoms with Gasteiger partial charge >= 0.3 is 6.09 Å². The van der Waals surface area contributed by atoms with Gasteiger partial charge in [0.15, 0.2) is 0 Å². The molecule has 1 aromatic rings. The Morgan fingerprint density at radius 2 is 1.90 bits per heavy atom. The van der Waals surface area contributed by atoms with Gasteiger partial charge < -0.3 is 14.6 Å². The average molecular weight is 283 g/mol. The van der Waals surface area contributed by atoms with E-state index in [4.69, 9.17) is 14.6 Å². The number of amides is 1. The van der Waals surface area contributed by atoms with Crippen molar-refractivity contribution < 1.29 is 24.2 Å². The summed E-state index contributed by atoms with van der Waals surface area (Å²) >= 11 is 0. The first kappa shape index (κ1) is 17.9. The van der Waals surface area contributed by atoms with E-state index in [0.29, 0.717) is 23.3 Å². The molecule has 6 heteroatoms. The van der Waals surface area contributed by atoms with Crippen molar-refractivity contribution in [2.24, 2.45) is 0 Å². The molecule has 0 heterocycles. The smallest absolute Gasteiger partial charge is 0.412 e. The second kappa shape index (κ2) is 8.16. The summed E-state index contributed by atoms with van der Waals surface area (Å²) in [6.07, 6.45) is 0.100. The molecule has 2 N–H and O–H groups in total. The molecule has 1 rings (SSSR count). The van der Waals surface area contributed by atoms with Crippen LogP contribution in [0.25, 0.3) is 0 Å². The van der Waals surface area contributed by atoms with E-state index in [1.807, 2.05) is 0 Å². The topological polar surface area (TPSA) is 84.9 Å². The zero-order valence-electron chi connectivity index (χ0n) is 12.4. The lowest BCUT2D eigenvalue weighted by Gasteiger charge is -2.20. The molecule has 0 spiro atoms. The highest BCUT2D eigenvalue weighted by molar-refractivity contribution is 5.89. The van der Waals surface area contributed by atoms with Crippen molar-refractivity contribution in [1.82, 2.24) is 0 Å². The van der Waals surface area contributed by atoms with E-state index in [9.17, 15) is 9.59 Å². The van der Waals surface area contributed by atoms with Crippen molar-refractivity contribution in [2.75, 3.05) is 19.5 Å². The molecule has 0 aromatic heterocycles. The Hall–Kier alpha value is -2.08. The molecule has 6 nitrogen and oxygen atoms in total. The van der Waals surface area contributed by atoms with Crippen LogP contribution >= 0.6 is 0 Å². The minimum Gasteiger partial charge on any atom is -0.495 e. The Bertz CT molecular complexity index is 451. The summed E-state index contributed by atoms with van der Waals surface area (Å²) < 4.78 is 10.2. The highest BCUT2D eigenvalue weighted by Crippen LogP contribution is 2.25. The van der Waals surface area contributed by atoms with Crippen LogP contribution < -0.4 is 10.1 Å². The zero-order chi connectivity index (χ0) is 15.8. The average Bonchev–Trinajstić information content (AvgIpc) is 2.38. The van der Waals surface area contributed by atoms with Crippen LogP contribution in [0.3, 0.4) is 0 Å². The number of rotatable bonds is 3. The third kappa shape index (κ3) is 6.19. The number of anilines is 1. The molecule has 0 bridgehead atoms. The van der Waals surface area contributed by atoms with E-state index in [2.05, 4.69) is 5.32 Å². The van der Waals surface area contributed by atoms with Crippen molar-refractivity contribution in [3.8, 4) is 5.75 Å². The first-order valence-electron chi connectivity index (χ1n) is 5.93. The molecule has 0 aliphatic heterocycles. The monoisotopic (exact) mass is 283 g/mol. The third-order valence-corrected chi connectivity index (χ3v) is 2.00. The maximum Gasteiger partial charge on any atom is 0.412 e. The van der Waals surface area contributed by atoms with Crippen LogP contribution in [0, 0.1) is 0 Å². The van der Waals surface area contributed by atoms with Gasteiger partial charge in [0.05, 0.1) is 12.8 Å². The number of aliphatic hydroxyl groups excluding tert-OH is 1. The highest BCUT2D eigenvalue weighted by Gasteiger charge is 2.17. The molecule has 1 aromatic carbocycles. The molecule has 0 saturated carbocycles. The molecule has 0 aliphatic rings. The molecule has 0 aliphatic carbocycles. The molecule has 0 atom stereocenters. The third-order valence-electron chi connectivity index (χ3n) is 2.00. The number of methoxy groups -OCH3 is 1. The Morgan fingerprint density at radius 1 is 1.30 bits per heavy atom. The minimum absolute atomic E-state index is 0.399. The van der Waals surface area contributed by atoms with Crippen LogP contribution in [0.1, 0.15) is 31.1 Å². The fourth-order valence-corrected chi connectivity index (χ4v) is 1.31. The number of nitrogens with one attached hydrogen (secondary N) is 1. The second-order valence-corrected chi connectivity index (χ2v) is 4.70. The maximum absolute atomic E-state index is 11.6. The first-order chi connectivity index (χ1) is 9.35. The van der Waals surface area contributed by atoms with Gasteiger partial charge in [0.2, 0.25) is 0 Å². The number of ether oxygens (including phenoxy) is 2. The van der Waals surface area contributed by atoms with Gasteiger partial charge in [-0.25, -0.2) is 4.79 Å². The summed E-state index contributed by atoms with van der Waals surface area (Å²) in [6, 6.07) is 4.73. The highest BCUT2D eigenvalue weighted by atomic mass is 16.6. The van der Waals surface area contributed by atoms with E-state index in [1.54, 1.807) is 32.9 Å². The predicted octanol–water partition coefficient (Wildman–Crippen LogP) is 2.46. The lowest BCUT2D eigenvalue weighted by molar-refractivity contribution is 0.0635. The van der Waals surface area contributed by atoms with Crippen LogP contribution in [0.4, 0.5) is 10.5 Å². The van der Waals surface area contributed by atoms with Crippen LogP contribution in [0.2, 0.25) is 0 Å². The van der Waals surface area contributed by atoms with Crippen LogP contribution in [-0.2, 0) is 4.74 Å². The van der Waals surface area contributed by atoms with Gasteiger partial charge in [-0.3, -0.25) is 10.1 Å². The fraction of sp³-hybridized carbons (Fsp3) is 0.429. The standard InChI is InChI=1S/C13H17NO4.CH4O/c1-13(2,3)18-12(16)14-10-7-9(8-15)5-6-11(10)17-4;1-2/h5-8H,1-4H3,(H,14,16);2H,1H3. The molecule has 0 radical (unpaired) electrons. The van der Waals surface area contributed by atoms with Gasteiger partial charge in [0, 0.05) is 12.7 Å². The quantitative estimate of drug-likeness (QED) is 0.832. The number of carbonyl (C=O) groups excluding carboxylic acids is 2. The van der Waals surface area contributed by atoms with Crippen molar-refractivity contribution in [3.63, 3.8) is 0 Å². The Balaban J connectivity index is 0.00000172. The summed E-state index contributed by atoms with van der Waals surface area (Å²) in [7, 11) is 2.48. The van der Waals surface area contributed by atoms with Gasteiger partial charge in [0.1, 0.15) is 17.6 Å². The Kier molecular flexibility index (Phi) is 7.31. The number of hydrogen-bond donors (Lipinski definition) is 2. The number of carbonyl (C=O) groups is 2. The maximum atomic E-state index is 11.6. The van der Waals surface area contributed by atoms with Gasteiger partial charge in [-0.05, 0) is 39.0 Å².